The van der Waals surface area contributed by atoms with E-state index in [0.29, 0.717) is 39.4 Å². The van der Waals surface area contributed by atoms with Gasteiger partial charge in [0.25, 0.3) is 5.91 Å². The first-order valence-electron chi connectivity index (χ1n) is 12.2. The number of anilines is 1. The van der Waals surface area contributed by atoms with E-state index >= 15 is 0 Å². The fraction of sp³-hybridized carbons (Fsp3) is 0.0645. The molecule has 0 N–H and O–H groups in total. The summed E-state index contributed by atoms with van der Waals surface area (Å²) in [6.45, 7) is 0. The van der Waals surface area contributed by atoms with Crippen molar-refractivity contribution in [3.05, 3.63) is 114 Å². The third kappa shape index (κ3) is 4.73. The average Bonchev–Trinajstić information content (AvgIpc) is 3.55. The molecule has 6 rings (SSSR count). The molecule has 1 aromatic heterocycles. The molecule has 0 unspecified atom stereocenters. The van der Waals surface area contributed by atoms with Crippen LogP contribution < -0.4 is 19.1 Å². The summed E-state index contributed by atoms with van der Waals surface area (Å²) in [5.41, 5.74) is 2.51. The molecule has 1 aliphatic heterocycles. The zero-order valence-corrected chi connectivity index (χ0v) is 22.0. The molecule has 1 amide bonds. The summed E-state index contributed by atoms with van der Waals surface area (Å²) in [6.07, 6.45) is 1.76. The molecule has 0 aliphatic carbocycles. The van der Waals surface area contributed by atoms with E-state index < -0.39 is 0 Å². The minimum Gasteiger partial charge on any atom is -0.495 e. The van der Waals surface area contributed by atoms with Gasteiger partial charge in [0.2, 0.25) is 0 Å². The van der Waals surface area contributed by atoms with Gasteiger partial charge in [-0.2, -0.15) is 0 Å². The molecule has 0 spiro atoms. The molecule has 192 valence electrons. The Morgan fingerprint density at radius 1 is 0.795 bits per heavy atom. The number of rotatable bonds is 7. The molecular formula is C31H23N3O4S. The normalized spacial score (nSPS) is 14.1. The number of benzene rings is 4. The summed E-state index contributed by atoms with van der Waals surface area (Å²) in [7, 11) is 3.20. The molecule has 39 heavy (non-hydrogen) atoms. The van der Waals surface area contributed by atoms with Crippen molar-refractivity contribution in [2.45, 2.75) is 0 Å². The van der Waals surface area contributed by atoms with Crippen molar-refractivity contribution < 1.29 is 19.0 Å². The van der Waals surface area contributed by atoms with Crippen LogP contribution >= 0.6 is 11.3 Å². The largest absolute Gasteiger partial charge is 0.495 e. The third-order valence-corrected chi connectivity index (χ3v) is 7.18. The van der Waals surface area contributed by atoms with Crippen LogP contribution in [0.2, 0.25) is 0 Å². The Labute approximate surface area is 229 Å². The number of hydrogen-bond donors (Lipinski definition) is 0. The number of para-hydroxylation sites is 1. The lowest BCUT2D eigenvalue weighted by Crippen LogP contribution is -2.32. The molecule has 8 heteroatoms. The fourth-order valence-electron chi connectivity index (χ4n) is 4.30. The highest BCUT2D eigenvalue weighted by Crippen LogP contribution is 2.42. The zero-order valence-electron chi connectivity index (χ0n) is 21.2. The van der Waals surface area contributed by atoms with Crippen molar-refractivity contribution in [3.63, 3.8) is 0 Å². The topological polar surface area (TPSA) is 73.2 Å². The number of hydrogen-bond acceptors (Lipinski definition) is 7. The minimum absolute atomic E-state index is 0.278. The molecule has 0 saturated heterocycles. The molecule has 7 nitrogen and oxygen atoms in total. The van der Waals surface area contributed by atoms with Crippen molar-refractivity contribution in [3.8, 4) is 23.0 Å². The Balaban J connectivity index is 1.42. The maximum atomic E-state index is 13.9. The summed E-state index contributed by atoms with van der Waals surface area (Å²) in [5.74, 6) is 2.88. The fourth-order valence-corrected chi connectivity index (χ4v) is 5.37. The van der Waals surface area contributed by atoms with Crippen LogP contribution in [0.15, 0.2) is 108 Å². The molecule has 4 aromatic carbocycles. The van der Waals surface area contributed by atoms with Gasteiger partial charge < -0.3 is 14.2 Å². The van der Waals surface area contributed by atoms with Crippen molar-refractivity contribution in [2.75, 3.05) is 19.1 Å². The Kier molecular flexibility index (Phi) is 6.52. The van der Waals surface area contributed by atoms with Crippen LogP contribution in [0.5, 0.6) is 23.0 Å². The second-order valence-corrected chi connectivity index (χ2v) is 9.58. The van der Waals surface area contributed by atoms with E-state index in [0.717, 1.165) is 21.6 Å². The van der Waals surface area contributed by atoms with Gasteiger partial charge in [0.1, 0.15) is 44.7 Å². The van der Waals surface area contributed by atoms with E-state index in [1.54, 1.807) is 31.3 Å². The molecule has 0 saturated carbocycles. The number of aromatic nitrogens is 1. The van der Waals surface area contributed by atoms with Gasteiger partial charge in [-0.3, -0.25) is 4.79 Å². The second kappa shape index (κ2) is 10.4. The first kappa shape index (κ1) is 24.4. The van der Waals surface area contributed by atoms with Gasteiger partial charge in [-0.15, -0.1) is 0 Å². The van der Waals surface area contributed by atoms with E-state index in [9.17, 15) is 4.79 Å². The van der Waals surface area contributed by atoms with E-state index in [-0.39, 0.29) is 5.91 Å². The number of aliphatic imine (C=N–C) groups is 1. The predicted molar refractivity (Wildman–Crippen MR) is 154 cm³/mol. The smallest absolute Gasteiger partial charge is 0.284 e. The van der Waals surface area contributed by atoms with Crippen molar-refractivity contribution >= 4 is 44.5 Å². The molecule has 0 bridgehead atoms. The molecule has 1 aliphatic rings. The van der Waals surface area contributed by atoms with Crippen LogP contribution in [0.4, 0.5) is 5.13 Å². The van der Waals surface area contributed by atoms with Crippen molar-refractivity contribution in [2.24, 2.45) is 4.99 Å². The van der Waals surface area contributed by atoms with Gasteiger partial charge >= 0.3 is 0 Å². The van der Waals surface area contributed by atoms with Gasteiger partial charge in [-0.1, -0.05) is 72.0 Å². The van der Waals surface area contributed by atoms with Gasteiger partial charge in [0.15, 0.2) is 5.13 Å². The number of carbonyl (C=O) groups excluding carboxylic acids is 1. The van der Waals surface area contributed by atoms with Gasteiger partial charge in [-0.05, 0) is 48.0 Å². The summed E-state index contributed by atoms with van der Waals surface area (Å²) in [4.78, 5) is 25.0. The quantitative estimate of drug-likeness (QED) is 0.212. The van der Waals surface area contributed by atoms with Crippen LogP contribution in [-0.4, -0.2) is 30.9 Å². The summed E-state index contributed by atoms with van der Waals surface area (Å²) >= 11 is 1.35. The van der Waals surface area contributed by atoms with Crippen LogP contribution in [0.25, 0.3) is 16.3 Å². The van der Waals surface area contributed by atoms with E-state index in [1.807, 2.05) is 91.0 Å². The molecular weight excluding hydrogens is 510 g/mol. The SMILES string of the molecule is COc1ccc(OC)c2sc(N3C(=O)/C(=C/c4cccc(Oc5ccccc5)c4)N=C3c3ccccc3)nc12. The van der Waals surface area contributed by atoms with Crippen LogP contribution in [-0.2, 0) is 4.79 Å². The van der Waals surface area contributed by atoms with Crippen LogP contribution in [0, 0.1) is 0 Å². The monoisotopic (exact) mass is 533 g/mol. The van der Waals surface area contributed by atoms with Crippen molar-refractivity contribution in [1.82, 2.24) is 4.98 Å². The van der Waals surface area contributed by atoms with E-state index in [2.05, 4.69) is 0 Å². The standard InChI is InChI=1S/C31H23N3O4S/c1-36-25-16-17-26(37-2)28-27(25)33-31(39-28)34-29(21-11-5-3-6-12-21)32-24(30(34)35)19-20-10-9-15-23(18-20)38-22-13-7-4-8-14-22/h3-19H,1-2H3/b24-19-. The van der Waals surface area contributed by atoms with E-state index in [1.165, 1.54) is 11.3 Å². The minimum atomic E-state index is -0.278. The van der Waals surface area contributed by atoms with Crippen molar-refractivity contribution in [1.29, 1.82) is 0 Å². The zero-order chi connectivity index (χ0) is 26.8. The maximum absolute atomic E-state index is 13.9. The maximum Gasteiger partial charge on any atom is 0.284 e. The number of ether oxygens (including phenoxy) is 3. The number of thiazole rings is 1. The Morgan fingerprint density at radius 2 is 1.49 bits per heavy atom. The number of carbonyl (C=O) groups is 1. The highest BCUT2D eigenvalue weighted by Gasteiger charge is 2.35. The van der Waals surface area contributed by atoms with E-state index in [4.69, 9.17) is 24.2 Å². The Hall–Kier alpha value is -4.95. The van der Waals surface area contributed by atoms with Gasteiger partial charge in [0.05, 0.1) is 14.2 Å². The molecule has 0 fully saturated rings. The lowest BCUT2D eigenvalue weighted by atomic mass is 10.2. The highest BCUT2D eigenvalue weighted by atomic mass is 32.1. The highest BCUT2D eigenvalue weighted by molar-refractivity contribution is 7.23. The number of methoxy groups -OCH3 is 2. The summed E-state index contributed by atoms with van der Waals surface area (Å²) in [5, 5.41) is 0.477. The molecule has 0 atom stereocenters. The number of amidine groups is 1. The summed E-state index contributed by atoms with van der Waals surface area (Å²) < 4.78 is 17.8. The van der Waals surface area contributed by atoms with Crippen LogP contribution in [0.3, 0.4) is 0 Å². The first-order valence-corrected chi connectivity index (χ1v) is 13.0. The van der Waals surface area contributed by atoms with Crippen LogP contribution in [0.1, 0.15) is 11.1 Å². The molecule has 5 aromatic rings. The second-order valence-electron chi connectivity index (χ2n) is 8.60. The van der Waals surface area contributed by atoms with Gasteiger partial charge in [-0.25, -0.2) is 14.9 Å². The lowest BCUT2D eigenvalue weighted by molar-refractivity contribution is -0.113. The Morgan fingerprint density at radius 3 is 2.23 bits per heavy atom. The predicted octanol–water partition coefficient (Wildman–Crippen LogP) is 6.94. The molecule has 2 heterocycles. The molecule has 0 radical (unpaired) electrons. The lowest BCUT2D eigenvalue weighted by Gasteiger charge is -2.14. The number of amides is 1. The first-order chi connectivity index (χ1) is 19.1. The third-order valence-electron chi connectivity index (χ3n) is 6.12. The van der Waals surface area contributed by atoms with Gasteiger partial charge in [0, 0.05) is 5.56 Å². The number of fused-ring (bicyclic) bond motifs is 1. The Bertz CT molecular complexity index is 1690. The number of nitrogens with zero attached hydrogens (tertiary/aromatic N) is 3. The average molecular weight is 534 g/mol. The summed E-state index contributed by atoms with van der Waals surface area (Å²) in [6, 6.07) is 30.3.